The maximum absolute atomic E-state index is 5.85. The molecule has 1 aliphatic carbocycles. The van der Waals surface area contributed by atoms with E-state index in [1.165, 1.54) is 11.3 Å². The van der Waals surface area contributed by atoms with E-state index >= 15 is 0 Å². The van der Waals surface area contributed by atoms with Gasteiger partial charge in [0.05, 0.1) is 17.7 Å². The number of rotatable bonds is 5. The number of aryl methyl sites for hydroxylation is 1. The Morgan fingerprint density at radius 2 is 2.28 bits per heavy atom. The van der Waals surface area contributed by atoms with Crippen molar-refractivity contribution in [1.29, 1.82) is 0 Å². The monoisotopic (exact) mass is 262 g/mol. The molecule has 96 valence electrons. The van der Waals surface area contributed by atoms with Crippen molar-refractivity contribution < 1.29 is 4.42 Å². The van der Waals surface area contributed by atoms with Gasteiger partial charge in [-0.1, -0.05) is 6.92 Å². The topological polar surface area (TPSA) is 38.1 Å². The standard InChI is InChI=1S/C14H18N2OS/c1-9-5-12(9)13-4-3-11(17-13)6-15-7-14-10(2)16-8-18-14/h3-4,8-9,12,15H,5-7H2,1-2H3. The molecule has 0 radical (unpaired) electrons. The van der Waals surface area contributed by atoms with E-state index in [1.54, 1.807) is 11.3 Å². The van der Waals surface area contributed by atoms with Crippen LogP contribution in [0.3, 0.4) is 0 Å². The summed E-state index contributed by atoms with van der Waals surface area (Å²) < 4.78 is 5.85. The molecule has 0 bridgehead atoms. The van der Waals surface area contributed by atoms with E-state index in [4.69, 9.17) is 4.42 Å². The molecule has 3 nitrogen and oxygen atoms in total. The third kappa shape index (κ3) is 2.49. The molecule has 2 atom stereocenters. The van der Waals surface area contributed by atoms with E-state index in [2.05, 4.69) is 29.4 Å². The SMILES string of the molecule is Cc1ncsc1CNCc1ccc(C2CC2C)o1. The molecule has 1 saturated carbocycles. The molecule has 0 aliphatic heterocycles. The van der Waals surface area contributed by atoms with Crippen LogP contribution in [0, 0.1) is 12.8 Å². The summed E-state index contributed by atoms with van der Waals surface area (Å²) in [7, 11) is 0. The third-order valence-corrected chi connectivity index (χ3v) is 4.52. The molecule has 3 rings (SSSR count). The normalized spacial score (nSPS) is 22.3. The number of furan rings is 1. The Morgan fingerprint density at radius 1 is 1.44 bits per heavy atom. The van der Waals surface area contributed by atoms with E-state index in [0.717, 1.165) is 36.2 Å². The highest BCUT2D eigenvalue weighted by atomic mass is 32.1. The highest BCUT2D eigenvalue weighted by Gasteiger charge is 2.36. The van der Waals surface area contributed by atoms with Crippen LogP contribution in [0.4, 0.5) is 0 Å². The van der Waals surface area contributed by atoms with Crippen molar-refractivity contribution in [2.75, 3.05) is 0 Å². The molecule has 0 amide bonds. The average Bonchev–Trinajstić information content (AvgIpc) is 2.78. The Balaban J connectivity index is 1.51. The lowest BCUT2D eigenvalue weighted by Crippen LogP contribution is -2.11. The fourth-order valence-corrected chi connectivity index (χ4v) is 2.95. The van der Waals surface area contributed by atoms with Crippen LogP contribution in [0.25, 0.3) is 0 Å². The number of hydrogen-bond donors (Lipinski definition) is 1. The molecule has 2 aromatic rings. The lowest BCUT2D eigenvalue weighted by molar-refractivity contribution is 0.444. The van der Waals surface area contributed by atoms with Gasteiger partial charge in [0.25, 0.3) is 0 Å². The molecule has 0 spiro atoms. The van der Waals surface area contributed by atoms with E-state index in [1.807, 2.05) is 12.4 Å². The Kier molecular flexibility index (Phi) is 3.22. The van der Waals surface area contributed by atoms with Crippen LogP contribution in [0.15, 0.2) is 22.1 Å². The summed E-state index contributed by atoms with van der Waals surface area (Å²) in [5, 5.41) is 3.41. The number of aromatic nitrogens is 1. The maximum atomic E-state index is 5.85. The second kappa shape index (κ2) is 4.86. The minimum atomic E-state index is 0.669. The molecule has 2 unspecified atom stereocenters. The van der Waals surface area contributed by atoms with Crippen LogP contribution in [0.2, 0.25) is 0 Å². The summed E-state index contributed by atoms with van der Waals surface area (Å²) in [5.41, 5.74) is 3.02. The number of nitrogens with zero attached hydrogens (tertiary/aromatic N) is 1. The van der Waals surface area contributed by atoms with Crippen molar-refractivity contribution in [2.45, 2.75) is 39.3 Å². The van der Waals surface area contributed by atoms with E-state index < -0.39 is 0 Å². The fourth-order valence-electron chi connectivity index (χ4n) is 2.20. The zero-order valence-corrected chi connectivity index (χ0v) is 11.6. The number of nitrogens with one attached hydrogen (secondary N) is 1. The van der Waals surface area contributed by atoms with Crippen LogP contribution < -0.4 is 5.32 Å². The first-order valence-electron chi connectivity index (χ1n) is 6.42. The molecule has 2 heterocycles. The summed E-state index contributed by atoms with van der Waals surface area (Å²) in [6.07, 6.45) is 1.28. The predicted molar refractivity (Wildman–Crippen MR) is 72.6 cm³/mol. The molecular formula is C14H18N2OS. The molecular weight excluding hydrogens is 244 g/mol. The van der Waals surface area contributed by atoms with Gasteiger partial charge >= 0.3 is 0 Å². The summed E-state index contributed by atoms with van der Waals surface area (Å²) in [5.74, 6) is 3.67. The third-order valence-electron chi connectivity index (χ3n) is 3.59. The Labute approximate surface area is 111 Å². The maximum Gasteiger partial charge on any atom is 0.117 e. The lowest BCUT2D eigenvalue weighted by Gasteiger charge is -2.01. The predicted octanol–water partition coefficient (Wildman–Crippen LogP) is 3.46. The molecule has 0 aromatic carbocycles. The summed E-state index contributed by atoms with van der Waals surface area (Å²) in [6, 6.07) is 4.22. The van der Waals surface area contributed by atoms with Crippen LogP contribution >= 0.6 is 11.3 Å². The summed E-state index contributed by atoms with van der Waals surface area (Å²) >= 11 is 1.70. The molecule has 18 heavy (non-hydrogen) atoms. The fraction of sp³-hybridized carbons (Fsp3) is 0.500. The minimum Gasteiger partial charge on any atom is -0.464 e. The molecule has 1 fully saturated rings. The molecule has 2 aromatic heterocycles. The van der Waals surface area contributed by atoms with Crippen molar-refractivity contribution >= 4 is 11.3 Å². The van der Waals surface area contributed by atoms with Gasteiger partial charge in [0.2, 0.25) is 0 Å². The van der Waals surface area contributed by atoms with Gasteiger partial charge in [-0.15, -0.1) is 11.3 Å². The van der Waals surface area contributed by atoms with Crippen molar-refractivity contribution in [3.8, 4) is 0 Å². The first-order valence-corrected chi connectivity index (χ1v) is 7.30. The van der Waals surface area contributed by atoms with Gasteiger partial charge in [0.15, 0.2) is 0 Å². The second-order valence-corrected chi connectivity index (χ2v) is 6.03. The zero-order valence-electron chi connectivity index (χ0n) is 10.8. The van der Waals surface area contributed by atoms with Crippen molar-refractivity contribution in [2.24, 2.45) is 5.92 Å². The van der Waals surface area contributed by atoms with Crippen LogP contribution in [0.5, 0.6) is 0 Å². The van der Waals surface area contributed by atoms with Crippen LogP contribution in [-0.2, 0) is 13.1 Å². The summed E-state index contributed by atoms with van der Waals surface area (Å²) in [4.78, 5) is 5.54. The Hall–Kier alpha value is -1.13. The van der Waals surface area contributed by atoms with Gasteiger partial charge in [-0.25, -0.2) is 4.98 Å². The van der Waals surface area contributed by atoms with Crippen molar-refractivity contribution in [3.05, 3.63) is 39.7 Å². The number of hydrogen-bond acceptors (Lipinski definition) is 4. The van der Waals surface area contributed by atoms with E-state index in [9.17, 15) is 0 Å². The zero-order chi connectivity index (χ0) is 12.5. The second-order valence-electron chi connectivity index (χ2n) is 5.09. The quantitative estimate of drug-likeness (QED) is 0.896. The highest BCUT2D eigenvalue weighted by molar-refractivity contribution is 7.09. The molecule has 0 saturated heterocycles. The van der Waals surface area contributed by atoms with Gasteiger partial charge in [-0.3, -0.25) is 0 Å². The molecule has 4 heteroatoms. The summed E-state index contributed by atoms with van der Waals surface area (Å²) in [6.45, 7) is 5.98. The molecule has 1 aliphatic rings. The van der Waals surface area contributed by atoms with Gasteiger partial charge in [0, 0.05) is 17.3 Å². The first-order chi connectivity index (χ1) is 8.74. The van der Waals surface area contributed by atoms with Crippen molar-refractivity contribution in [1.82, 2.24) is 10.3 Å². The van der Waals surface area contributed by atoms with Crippen LogP contribution in [0.1, 0.15) is 41.4 Å². The minimum absolute atomic E-state index is 0.669. The first kappa shape index (κ1) is 11.9. The highest BCUT2D eigenvalue weighted by Crippen LogP contribution is 2.47. The average molecular weight is 262 g/mol. The van der Waals surface area contributed by atoms with Gasteiger partial charge < -0.3 is 9.73 Å². The Morgan fingerprint density at radius 3 is 2.94 bits per heavy atom. The lowest BCUT2D eigenvalue weighted by atomic mass is 10.3. The number of thiazole rings is 1. The van der Waals surface area contributed by atoms with E-state index in [0.29, 0.717) is 5.92 Å². The molecule has 1 N–H and O–H groups in total. The van der Waals surface area contributed by atoms with Crippen molar-refractivity contribution in [3.63, 3.8) is 0 Å². The van der Waals surface area contributed by atoms with Gasteiger partial charge in [0.1, 0.15) is 11.5 Å². The van der Waals surface area contributed by atoms with Crippen LogP contribution in [-0.4, -0.2) is 4.98 Å². The largest absolute Gasteiger partial charge is 0.464 e. The smallest absolute Gasteiger partial charge is 0.117 e. The van der Waals surface area contributed by atoms with Gasteiger partial charge in [-0.2, -0.15) is 0 Å². The van der Waals surface area contributed by atoms with Gasteiger partial charge in [-0.05, 0) is 31.4 Å². The van der Waals surface area contributed by atoms with E-state index in [-0.39, 0.29) is 0 Å². The Bertz CT molecular complexity index is 531.